The van der Waals surface area contributed by atoms with E-state index in [-0.39, 0.29) is 11.7 Å². The first-order valence-corrected chi connectivity index (χ1v) is 5.76. The lowest BCUT2D eigenvalue weighted by atomic mass is 10.1. The SMILES string of the molecule is O=C(Nc1ccccc1O)c1ccc2cn[nH]c2c1. The third-order valence-corrected chi connectivity index (χ3v) is 2.86. The molecular weight excluding hydrogens is 242 g/mol. The number of carbonyl (C=O) groups is 1. The van der Waals surface area contributed by atoms with Crippen molar-refractivity contribution >= 4 is 22.5 Å². The van der Waals surface area contributed by atoms with Gasteiger partial charge in [0.05, 0.1) is 17.4 Å². The average Bonchev–Trinajstić information content (AvgIpc) is 2.88. The quantitative estimate of drug-likeness (QED) is 0.614. The maximum Gasteiger partial charge on any atom is 0.255 e. The Bertz CT molecular complexity index is 749. The number of nitrogens with zero attached hydrogens (tertiary/aromatic N) is 1. The number of H-pyrrole nitrogens is 1. The summed E-state index contributed by atoms with van der Waals surface area (Å²) in [4.78, 5) is 12.1. The van der Waals surface area contributed by atoms with Crippen LogP contribution in [0.1, 0.15) is 10.4 Å². The number of para-hydroxylation sites is 2. The molecule has 0 radical (unpaired) electrons. The van der Waals surface area contributed by atoms with Crippen LogP contribution >= 0.6 is 0 Å². The Morgan fingerprint density at radius 2 is 2.05 bits per heavy atom. The second-order valence-electron chi connectivity index (χ2n) is 4.14. The molecule has 5 heteroatoms. The number of aromatic hydroxyl groups is 1. The van der Waals surface area contributed by atoms with Gasteiger partial charge in [-0.3, -0.25) is 9.89 Å². The van der Waals surface area contributed by atoms with Gasteiger partial charge in [0.1, 0.15) is 5.75 Å². The van der Waals surface area contributed by atoms with Gasteiger partial charge in [-0.05, 0) is 24.3 Å². The van der Waals surface area contributed by atoms with E-state index in [9.17, 15) is 9.90 Å². The largest absolute Gasteiger partial charge is 0.506 e. The van der Waals surface area contributed by atoms with E-state index in [2.05, 4.69) is 15.5 Å². The molecule has 0 aliphatic carbocycles. The number of nitrogens with one attached hydrogen (secondary N) is 2. The topological polar surface area (TPSA) is 78.0 Å². The molecule has 0 saturated heterocycles. The van der Waals surface area contributed by atoms with E-state index in [0.717, 1.165) is 10.9 Å². The van der Waals surface area contributed by atoms with Crippen LogP contribution in [0.5, 0.6) is 5.75 Å². The molecule has 1 amide bonds. The van der Waals surface area contributed by atoms with Crippen LogP contribution in [0.3, 0.4) is 0 Å². The number of aromatic nitrogens is 2. The van der Waals surface area contributed by atoms with E-state index in [1.54, 1.807) is 36.5 Å². The van der Waals surface area contributed by atoms with Gasteiger partial charge in [0.2, 0.25) is 0 Å². The second kappa shape index (κ2) is 4.45. The van der Waals surface area contributed by atoms with Crippen LogP contribution < -0.4 is 5.32 Å². The first-order chi connectivity index (χ1) is 9.24. The summed E-state index contributed by atoms with van der Waals surface area (Å²) >= 11 is 0. The molecule has 5 nitrogen and oxygen atoms in total. The zero-order valence-electron chi connectivity index (χ0n) is 9.92. The highest BCUT2D eigenvalue weighted by molar-refractivity contribution is 6.06. The van der Waals surface area contributed by atoms with Gasteiger partial charge in [-0.2, -0.15) is 5.10 Å². The Morgan fingerprint density at radius 3 is 2.89 bits per heavy atom. The zero-order chi connectivity index (χ0) is 13.2. The first kappa shape index (κ1) is 11.3. The number of aromatic amines is 1. The predicted octanol–water partition coefficient (Wildman–Crippen LogP) is 2.52. The fourth-order valence-corrected chi connectivity index (χ4v) is 1.85. The molecule has 19 heavy (non-hydrogen) atoms. The molecule has 0 unspecified atom stereocenters. The minimum atomic E-state index is -0.280. The van der Waals surface area contributed by atoms with E-state index >= 15 is 0 Å². The molecule has 1 heterocycles. The van der Waals surface area contributed by atoms with Gasteiger partial charge in [-0.1, -0.05) is 18.2 Å². The lowest BCUT2D eigenvalue weighted by molar-refractivity contribution is 0.102. The minimum Gasteiger partial charge on any atom is -0.506 e. The van der Waals surface area contributed by atoms with Gasteiger partial charge in [-0.15, -0.1) is 0 Å². The molecule has 0 spiro atoms. The molecule has 94 valence electrons. The Hall–Kier alpha value is -2.82. The molecule has 0 atom stereocenters. The summed E-state index contributed by atoms with van der Waals surface area (Å²) in [5.74, 6) is -0.239. The van der Waals surface area contributed by atoms with Crippen molar-refractivity contribution in [3.05, 3.63) is 54.2 Å². The number of hydrogen-bond acceptors (Lipinski definition) is 3. The molecule has 2 aromatic carbocycles. The fourth-order valence-electron chi connectivity index (χ4n) is 1.85. The van der Waals surface area contributed by atoms with Gasteiger partial charge < -0.3 is 10.4 Å². The van der Waals surface area contributed by atoms with Crippen molar-refractivity contribution in [2.45, 2.75) is 0 Å². The summed E-state index contributed by atoms with van der Waals surface area (Å²) in [6.07, 6.45) is 1.69. The first-order valence-electron chi connectivity index (χ1n) is 5.76. The molecule has 0 aliphatic heterocycles. The molecule has 0 saturated carbocycles. The normalized spacial score (nSPS) is 10.5. The van der Waals surface area contributed by atoms with Crippen molar-refractivity contribution in [2.75, 3.05) is 5.32 Å². The van der Waals surface area contributed by atoms with Crippen molar-refractivity contribution in [1.82, 2.24) is 10.2 Å². The maximum atomic E-state index is 12.1. The van der Waals surface area contributed by atoms with Crippen LogP contribution in [0.15, 0.2) is 48.7 Å². The van der Waals surface area contributed by atoms with Crippen molar-refractivity contribution in [3.8, 4) is 5.75 Å². The smallest absolute Gasteiger partial charge is 0.255 e. The summed E-state index contributed by atoms with van der Waals surface area (Å²) < 4.78 is 0. The van der Waals surface area contributed by atoms with Crippen molar-refractivity contribution < 1.29 is 9.90 Å². The van der Waals surface area contributed by atoms with Gasteiger partial charge >= 0.3 is 0 Å². The van der Waals surface area contributed by atoms with Gasteiger partial charge in [-0.25, -0.2) is 0 Å². The number of phenols is 1. The Morgan fingerprint density at radius 1 is 1.21 bits per heavy atom. The van der Waals surface area contributed by atoms with Gasteiger partial charge in [0, 0.05) is 10.9 Å². The summed E-state index contributed by atoms with van der Waals surface area (Å²) in [5, 5.41) is 19.9. The molecule has 0 fully saturated rings. The van der Waals surface area contributed by atoms with E-state index in [1.165, 1.54) is 6.07 Å². The molecule has 1 aromatic heterocycles. The highest BCUT2D eigenvalue weighted by Gasteiger charge is 2.09. The number of anilines is 1. The average molecular weight is 253 g/mol. The maximum absolute atomic E-state index is 12.1. The fraction of sp³-hybridized carbons (Fsp3) is 0. The number of amides is 1. The number of fused-ring (bicyclic) bond motifs is 1. The lowest BCUT2D eigenvalue weighted by Crippen LogP contribution is -2.11. The zero-order valence-corrected chi connectivity index (χ0v) is 9.92. The molecular formula is C14H11N3O2. The van der Waals surface area contributed by atoms with Crippen LogP contribution in [-0.2, 0) is 0 Å². The van der Waals surface area contributed by atoms with Gasteiger partial charge in [0.25, 0.3) is 5.91 Å². The van der Waals surface area contributed by atoms with Crippen LogP contribution in [0, 0.1) is 0 Å². The summed E-state index contributed by atoms with van der Waals surface area (Å²) in [6.45, 7) is 0. The Kier molecular flexibility index (Phi) is 2.64. The monoisotopic (exact) mass is 253 g/mol. The van der Waals surface area contributed by atoms with Crippen LogP contribution in [-0.4, -0.2) is 21.2 Å². The van der Waals surface area contributed by atoms with E-state index in [0.29, 0.717) is 11.3 Å². The number of hydrogen-bond donors (Lipinski definition) is 3. The summed E-state index contributed by atoms with van der Waals surface area (Å²) in [5.41, 5.74) is 1.68. The second-order valence-corrected chi connectivity index (χ2v) is 4.14. The molecule has 3 N–H and O–H groups in total. The number of carbonyl (C=O) groups excluding carboxylic acids is 1. The van der Waals surface area contributed by atoms with Gasteiger partial charge in [0.15, 0.2) is 0 Å². The van der Waals surface area contributed by atoms with Crippen LogP contribution in [0.4, 0.5) is 5.69 Å². The molecule has 0 aliphatic rings. The van der Waals surface area contributed by atoms with E-state index < -0.39 is 0 Å². The third kappa shape index (κ3) is 2.13. The highest BCUT2D eigenvalue weighted by Crippen LogP contribution is 2.22. The molecule has 0 bridgehead atoms. The summed E-state index contributed by atoms with van der Waals surface area (Å²) in [7, 11) is 0. The number of phenolic OH excluding ortho intramolecular Hbond substituents is 1. The minimum absolute atomic E-state index is 0.0402. The van der Waals surface area contributed by atoms with E-state index in [4.69, 9.17) is 0 Å². The Balaban J connectivity index is 1.89. The molecule has 3 aromatic rings. The van der Waals surface area contributed by atoms with Crippen LogP contribution in [0.25, 0.3) is 10.9 Å². The number of rotatable bonds is 2. The summed E-state index contributed by atoms with van der Waals surface area (Å²) in [6, 6.07) is 11.9. The highest BCUT2D eigenvalue weighted by atomic mass is 16.3. The van der Waals surface area contributed by atoms with Crippen molar-refractivity contribution in [2.24, 2.45) is 0 Å². The lowest BCUT2D eigenvalue weighted by Gasteiger charge is -2.06. The predicted molar refractivity (Wildman–Crippen MR) is 72.2 cm³/mol. The van der Waals surface area contributed by atoms with Crippen LogP contribution in [0.2, 0.25) is 0 Å². The number of benzene rings is 2. The molecule has 3 rings (SSSR count). The third-order valence-electron chi connectivity index (χ3n) is 2.86. The van der Waals surface area contributed by atoms with Crippen molar-refractivity contribution in [1.29, 1.82) is 0 Å². The Labute approximate surface area is 108 Å². The van der Waals surface area contributed by atoms with Crippen molar-refractivity contribution in [3.63, 3.8) is 0 Å². The standard InChI is InChI=1S/C14H11N3O2/c18-13-4-2-1-3-11(13)16-14(19)9-5-6-10-8-15-17-12(10)7-9/h1-8,18H,(H,15,17)(H,16,19). The van der Waals surface area contributed by atoms with E-state index in [1.807, 2.05) is 6.07 Å².